The summed E-state index contributed by atoms with van der Waals surface area (Å²) in [4.78, 5) is 43.8. The Morgan fingerprint density at radius 2 is 1.97 bits per heavy atom. The van der Waals surface area contributed by atoms with Gasteiger partial charge < -0.3 is 10.6 Å². The van der Waals surface area contributed by atoms with Crippen molar-refractivity contribution in [1.82, 2.24) is 24.0 Å². The van der Waals surface area contributed by atoms with E-state index in [4.69, 9.17) is 10.7 Å². The zero-order chi connectivity index (χ0) is 26.8. The van der Waals surface area contributed by atoms with E-state index in [1.165, 1.54) is 9.13 Å². The maximum absolute atomic E-state index is 13.8. The van der Waals surface area contributed by atoms with Crippen molar-refractivity contribution in [2.24, 2.45) is 23.7 Å². The van der Waals surface area contributed by atoms with E-state index in [1.54, 1.807) is 7.05 Å². The Morgan fingerprint density at radius 1 is 1.16 bits per heavy atom. The van der Waals surface area contributed by atoms with E-state index in [0.29, 0.717) is 23.6 Å². The molecule has 0 saturated carbocycles. The maximum Gasteiger partial charge on any atom is 0.332 e. The van der Waals surface area contributed by atoms with E-state index in [1.807, 2.05) is 38.1 Å². The number of hydrogen-bond donors (Lipinski definition) is 1. The van der Waals surface area contributed by atoms with Crippen LogP contribution in [-0.2, 0) is 20.0 Å². The van der Waals surface area contributed by atoms with Crippen LogP contribution in [0.5, 0.6) is 0 Å². The molecule has 2 aromatic heterocycles. The smallest absolute Gasteiger partial charge is 0.332 e. The van der Waals surface area contributed by atoms with Crippen LogP contribution in [0.4, 0.5) is 5.82 Å². The first kappa shape index (κ1) is 25.9. The van der Waals surface area contributed by atoms with Gasteiger partial charge in [0.15, 0.2) is 0 Å². The van der Waals surface area contributed by atoms with Gasteiger partial charge in [-0.05, 0) is 52.0 Å². The summed E-state index contributed by atoms with van der Waals surface area (Å²) >= 11 is 0. The zero-order valence-corrected chi connectivity index (χ0v) is 22.4. The molecule has 2 aliphatic rings. The predicted octanol–water partition coefficient (Wildman–Crippen LogP) is 2.67. The minimum Gasteiger partial charge on any atom is -0.358 e. The largest absolute Gasteiger partial charge is 0.358 e. The normalized spacial score (nSPS) is 19.4. The van der Waals surface area contributed by atoms with Crippen LogP contribution in [0.1, 0.15) is 56.1 Å². The molecule has 5 rings (SSSR count). The summed E-state index contributed by atoms with van der Waals surface area (Å²) < 4.78 is 2.75. The fourth-order valence-corrected chi connectivity index (χ4v) is 5.67. The van der Waals surface area contributed by atoms with E-state index < -0.39 is 5.69 Å². The average molecular weight is 514 g/mol. The number of hydrogen-bond acceptors (Lipinski definition) is 7. The highest BCUT2D eigenvalue weighted by Gasteiger charge is 2.30. The molecule has 198 valence electrons. The van der Waals surface area contributed by atoms with Crippen molar-refractivity contribution in [3.8, 4) is 11.8 Å². The lowest BCUT2D eigenvalue weighted by Gasteiger charge is -2.36. The van der Waals surface area contributed by atoms with E-state index >= 15 is 0 Å². The Balaban J connectivity index is 1.57. The standard InChI is InChI=1S/C29H35N7O2/c1-4-5-6-10-20-14-15-23-27(33-26(20)35-16-9-11-21(30)17-35)34(3)29(38)36(28(23)37)18-25-31-19(2)22-12-7-8-13-24(22)32-25/h7-8,12-13,20-21H,6,9-11,14-18,30H2,1-3H3. The van der Waals surface area contributed by atoms with Crippen molar-refractivity contribution < 1.29 is 0 Å². The van der Waals surface area contributed by atoms with Crippen LogP contribution in [0.2, 0.25) is 0 Å². The van der Waals surface area contributed by atoms with E-state index in [9.17, 15) is 9.59 Å². The second kappa shape index (κ2) is 10.9. The molecule has 0 aliphatic carbocycles. The molecule has 2 aliphatic heterocycles. The number of rotatable bonds is 4. The van der Waals surface area contributed by atoms with Gasteiger partial charge in [-0.25, -0.2) is 19.8 Å². The Hall–Kier alpha value is -3.77. The van der Waals surface area contributed by atoms with Crippen molar-refractivity contribution >= 4 is 22.6 Å². The molecule has 38 heavy (non-hydrogen) atoms. The molecule has 1 fully saturated rings. The van der Waals surface area contributed by atoms with Crippen molar-refractivity contribution in [3.05, 3.63) is 62.2 Å². The third kappa shape index (κ3) is 5.01. The molecule has 1 saturated heterocycles. The Kier molecular flexibility index (Phi) is 7.43. The summed E-state index contributed by atoms with van der Waals surface area (Å²) in [6, 6.07) is 7.83. The first-order valence-corrected chi connectivity index (χ1v) is 13.4. The number of benzene rings is 1. The lowest BCUT2D eigenvalue weighted by atomic mass is 9.93. The van der Waals surface area contributed by atoms with Crippen molar-refractivity contribution in [2.75, 3.05) is 13.1 Å². The second-order valence-electron chi connectivity index (χ2n) is 10.3. The third-order valence-electron chi connectivity index (χ3n) is 7.65. The molecular formula is C29H35N7O2. The van der Waals surface area contributed by atoms with Gasteiger partial charge in [-0.1, -0.05) is 18.2 Å². The molecule has 2 N–H and O–H groups in total. The highest BCUT2D eigenvalue weighted by molar-refractivity contribution is 5.88. The first-order chi connectivity index (χ1) is 18.4. The van der Waals surface area contributed by atoms with E-state index in [2.05, 4.69) is 26.7 Å². The summed E-state index contributed by atoms with van der Waals surface area (Å²) in [5.74, 6) is 8.11. The minimum absolute atomic E-state index is 0.0114. The lowest BCUT2D eigenvalue weighted by Crippen LogP contribution is -2.47. The number of likely N-dealkylation sites (tertiary alicyclic amines) is 1. The zero-order valence-electron chi connectivity index (χ0n) is 22.4. The molecule has 0 bridgehead atoms. The molecule has 2 atom stereocenters. The summed E-state index contributed by atoms with van der Waals surface area (Å²) in [5, 5.41) is 0.955. The van der Waals surface area contributed by atoms with Gasteiger partial charge >= 0.3 is 5.69 Å². The highest BCUT2D eigenvalue weighted by atomic mass is 16.2. The number of amidine groups is 1. The molecule has 9 heteroatoms. The topological polar surface area (TPSA) is 111 Å². The summed E-state index contributed by atoms with van der Waals surface area (Å²) in [6.45, 7) is 5.38. The van der Waals surface area contributed by atoms with Crippen LogP contribution < -0.4 is 17.0 Å². The summed E-state index contributed by atoms with van der Waals surface area (Å²) in [5.41, 5.74) is 7.75. The van der Waals surface area contributed by atoms with Gasteiger partial charge in [0.2, 0.25) is 0 Å². The van der Waals surface area contributed by atoms with Crippen molar-refractivity contribution in [3.63, 3.8) is 0 Å². The maximum atomic E-state index is 13.8. The fraction of sp³-hybridized carbons (Fsp3) is 0.483. The van der Waals surface area contributed by atoms with Crippen LogP contribution in [0.15, 0.2) is 38.8 Å². The number of piperidine rings is 1. The number of para-hydroxylation sites is 1. The number of nitrogens with zero attached hydrogens (tertiary/aromatic N) is 6. The SMILES string of the molecule is CC#CCCC1CCc2c(n(C)c(=O)n(Cc3nc(C)c4ccccc4n3)c2=O)N=C1N1CCCC(N)C1. The molecule has 4 heterocycles. The first-order valence-electron chi connectivity index (χ1n) is 13.4. The minimum atomic E-state index is -0.420. The molecule has 0 spiro atoms. The molecule has 1 aromatic carbocycles. The monoisotopic (exact) mass is 513 g/mol. The number of aryl methyl sites for hydroxylation is 1. The third-order valence-corrected chi connectivity index (χ3v) is 7.65. The van der Waals surface area contributed by atoms with Crippen LogP contribution in [-0.4, -0.2) is 49.0 Å². The van der Waals surface area contributed by atoms with E-state index in [-0.39, 0.29) is 24.1 Å². The summed E-state index contributed by atoms with van der Waals surface area (Å²) in [7, 11) is 1.69. The fourth-order valence-electron chi connectivity index (χ4n) is 5.67. The molecular weight excluding hydrogens is 478 g/mol. The Bertz CT molecular complexity index is 1570. The average Bonchev–Trinajstić information content (AvgIpc) is 3.10. The molecule has 0 amide bonds. The molecule has 3 aromatic rings. The second-order valence-corrected chi connectivity index (χ2v) is 10.3. The molecule has 9 nitrogen and oxygen atoms in total. The van der Waals surface area contributed by atoms with Gasteiger partial charge in [0.25, 0.3) is 5.56 Å². The van der Waals surface area contributed by atoms with Gasteiger partial charge in [0.05, 0.1) is 17.6 Å². The molecule has 0 radical (unpaired) electrons. The van der Waals surface area contributed by atoms with Crippen molar-refractivity contribution in [1.29, 1.82) is 0 Å². The highest BCUT2D eigenvalue weighted by Crippen LogP contribution is 2.29. The number of aliphatic imine (C=N–C) groups is 1. The predicted molar refractivity (Wildman–Crippen MR) is 150 cm³/mol. The lowest BCUT2D eigenvalue weighted by molar-refractivity contribution is 0.293. The van der Waals surface area contributed by atoms with Crippen LogP contribution >= 0.6 is 0 Å². The van der Waals surface area contributed by atoms with Gasteiger partial charge in [-0.2, -0.15) is 0 Å². The number of nitrogens with two attached hydrogens (primary N) is 1. The quantitative estimate of drug-likeness (QED) is 0.537. The Labute approximate surface area is 222 Å². The number of aromatic nitrogens is 4. The van der Waals surface area contributed by atoms with Crippen LogP contribution in [0.25, 0.3) is 10.9 Å². The van der Waals surface area contributed by atoms with Crippen LogP contribution in [0.3, 0.4) is 0 Å². The summed E-state index contributed by atoms with van der Waals surface area (Å²) in [6.07, 6.45) is 4.91. The van der Waals surface area contributed by atoms with E-state index in [0.717, 1.165) is 67.6 Å². The van der Waals surface area contributed by atoms with Gasteiger partial charge in [0.1, 0.15) is 17.5 Å². The van der Waals surface area contributed by atoms with Gasteiger partial charge in [0, 0.05) is 49.6 Å². The van der Waals surface area contributed by atoms with Gasteiger partial charge in [-0.15, -0.1) is 11.8 Å². The number of fused-ring (bicyclic) bond motifs is 2. The molecule has 2 unspecified atom stereocenters. The Morgan fingerprint density at radius 3 is 2.76 bits per heavy atom. The van der Waals surface area contributed by atoms with Crippen molar-refractivity contribution in [2.45, 2.75) is 65.0 Å². The van der Waals surface area contributed by atoms with Gasteiger partial charge in [-0.3, -0.25) is 13.9 Å². The van der Waals surface area contributed by atoms with Crippen LogP contribution in [0, 0.1) is 24.7 Å².